The molecule has 0 amide bonds. The highest BCUT2D eigenvalue weighted by molar-refractivity contribution is 14.0. The third-order valence-corrected chi connectivity index (χ3v) is 5.61. The van der Waals surface area contributed by atoms with E-state index >= 15 is 0 Å². The van der Waals surface area contributed by atoms with Crippen LogP contribution in [0.1, 0.15) is 30.2 Å². The van der Waals surface area contributed by atoms with Crippen LogP contribution in [-0.4, -0.2) is 25.8 Å². The zero-order valence-electron chi connectivity index (χ0n) is 14.8. The van der Waals surface area contributed by atoms with Crippen LogP contribution in [0.4, 0.5) is 0 Å². The van der Waals surface area contributed by atoms with E-state index in [2.05, 4.69) is 47.2 Å². The van der Waals surface area contributed by atoms with Gasteiger partial charge in [-0.05, 0) is 48.9 Å². The van der Waals surface area contributed by atoms with Crippen molar-refractivity contribution in [1.29, 1.82) is 0 Å². The van der Waals surface area contributed by atoms with Crippen molar-refractivity contribution >= 4 is 41.3 Å². The summed E-state index contributed by atoms with van der Waals surface area (Å²) in [5.41, 5.74) is 1.50. The monoisotopic (exact) mass is 485 g/mol. The van der Waals surface area contributed by atoms with Gasteiger partial charge in [-0.2, -0.15) is 0 Å². The van der Waals surface area contributed by atoms with E-state index in [1.807, 2.05) is 6.07 Å². The topological polar surface area (TPSA) is 54.9 Å². The Morgan fingerprint density at radius 2 is 2.04 bits per heavy atom. The summed E-state index contributed by atoms with van der Waals surface area (Å²) in [6.45, 7) is 4.86. The number of benzene rings is 1. The molecule has 0 unspecified atom stereocenters. The van der Waals surface area contributed by atoms with E-state index in [-0.39, 0.29) is 29.4 Å². The van der Waals surface area contributed by atoms with Gasteiger partial charge in [-0.1, -0.05) is 12.1 Å². The number of aliphatic imine (C=N–C) groups is 1. The van der Waals surface area contributed by atoms with E-state index in [1.54, 1.807) is 11.3 Å². The molecule has 2 heterocycles. The molecule has 0 bridgehead atoms. The molecule has 4 rings (SSSR count). The average Bonchev–Trinajstić information content (AvgIpc) is 3.04. The summed E-state index contributed by atoms with van der Waals surface area (Å²) in [6, 6.07) is 10.5. The number of nitrogens with one attached hydrogen (secondary N) is 2. The molecule has 140 valence electrons. The second kappa shape index (κ2) is 8.47. The van der Waals surface area contributed by atoms with Gasteiger partial charge >= 0.3 is 0 Å². The lowest BCUT2D eigenvalue weighted by molar-refractivity contribution is 0.174. The predicted molar refractivity (Wildman–Crippen MR) is 116 cm³/mol. The van der Waals surface area contributed by atoms with Gasteiger partial charge in [0.2, 0.25) is 6.79 Å². The molecule has 0 radical (unpaired) electrons. The number of fused-ring (bicyclic) bond motifs is 1. The second-order valence-electron chi connectivity index (χ2n) is 6.48. The molecular formula is C19H24IN3O2S. The molecule has 1 aliphatic carbocycles. The highest BCUT2D eigenvalue weighted by atomic mass is 127. The van der Waals surface area contributed by atoms with Gasteiger partial charge in [0.05, 0.1) is 6.54 Å². The van der Waals surface area contributed by atoms with Crippen molar-refractivity contribution in [2.45, 2.75) is 31.7 Å². The lowest BCUT2D eigenvalue weighted by atomic mass is 9.95. The predicted octanol–water partition coefficient (Wildman–Crippen LogP) is 3.88. The maximum atomic E-state index is 5.53. The lowest BCUT2D eigenvalue weighted by Crippen LogP contribution is -2.41. The zero-order chi connectivity index (χ0) is 17.1. The quantitative estimate of drug-likeness (QED) is 0.371. The van der Waals surface area contributed by atoms with Gasteiger partial charge in [0.15, 0.2) is 17.5 Å². The molecule has 0 atom stereocenters. The number of hydrogen-bond acceptors (Lipinski definition) is 4. The summed E-state index contributed by atoms with van der Waals surface area (Å²) in [7, 11) is 0. The van der Waals surface area contributed by atoms with Gasteiger partial charge < -0.3 is 20.1 Å². The van der Waals surface area contributed by atoms with Crippen LogP contribution in [0.25, 0.3) is 0 Å². The minimum atomic E-state index is 0. The summed E-state index contributed by atoms with van der Waals surface area (Å²) in [5, 5.41) is 8.95. The van der Waals surface area contributed by atoms with Crippen molar-refractivity contribution < 1.29 is 9.47 Å². The number of hydrogen-bond donors (Lipinski definition) is 2. The summed E-state index contributed by atoms with van der Waals surface area (Å²) >= 11 is 1.74. The van der Waals surface area contributed by atoms with E-state index < -0.39 is 0 Å². The first-order valence-corrected chi connectivity index (χ1v) is 9.62. The molecule has 2 aromatic rings. The van der Waals surface area contributed by atoms with Crippen LogP contribution < -0.4 is 20.1 Å². The van der Waals surface area contributed by atoms with E-state index in [0.717, 1.165) is 30.5 Å². The second-order valence-corrected chi connectivity index (χ2v) is 7.51. The fraction of sp³-hybridized carbons (Fsp3) is 0.421. The number of guanidine groups is 1. The van der Waals surface area contributed by atoms with Crippen LogP contribution in [0.3, 0.4) is 0 Å². The van der Waals surface area contributed by atoms with Crippen molar-refractivity contribution in [2.24, 2.45) is 4.99 Å². The van der Waals surface area contributed by atoms with E-state index in [9.17, 15) is 0 Å². The Labute approximate surface area is 175 Å². The third-order valence-electron chi connectivity index (χ3n) is 4.75. The zero-order valence-corrected chi connectivity index (χ0v) is 17.9. The fourth-order valence-electron chi connectivity index (χ4n) is 3.10. The van der Waals surface area contributed by atoms with Crippen molar-refractivity contribution in [2.75, 3.05) is 19.9 Å². The number of halogens is 1. The van der Waals surface area contributed by atoms with Gasteiger partial charge in [-0.3, -0.25) is 0 Å². The lowest BCUT2D eigenvalue weighted by Gasteiger charge is -2.19. The minimum absolute atomic E-state index is 0. The van der Waals surface area contributed by atoms with Crippen molar-refractivity contribution in [1.82, 2.24) is 10.6 Å². The molecule has 26 heavy (non-hydrogen) atoms. The maximum Gasteiger partial charge on any atom is 0.231 e. The largest absolute Gasteiger partial charge is 0.454 e. The first-order chi connectivity index (χ1) is 12.3. The average molecular weight is 485 g/mol. The normalized spacial score (nSPS) is 16.7. The van der Waals surface area contributed by atoms with E-state index in [4.69, 9.17) is 14.5 Å². The van der Waals surface area contributed by atoms with Gasteiger partial charge in [-0.25, -0.2) is 4.99 Å². The Morgan fingerprint density at radius 3 is 2.77 bits per heavy atom. The molecule has 0 spiro atoms. The van der Waals surface area contributed by atoms with E-state index in [0.29, 0.717) is 13.3 Å². The molecule has 5 nitrogen and oxygen atoms in total. The number of nitrogens with zero attached hydrogens (tertiary/aromatic N) is 1. The van der Waals surface area contributed by atoms with Crippen LogP contribution >= 0.6 is 35.3 Å². The van der Waals surface area contributed by atoms with Crippen LogP contribution in [-0.2, 0) is 12.0 Å². The van der Waals surface area contributed by atoms with Gasteiger partial charge in [0, 0.05) is 23.4 Å². The van der Waals surface area contributed by atoms with Crippen molar-refractivity contribution in [3.8, 4) is 11.5 Å². The van der Waals surface area contributed by atoms with E-state index in [1.165, 1.54) is 23.3 Å². The van der Waals surface area contributed by atoms with Gasteiger partial charge in [-0.15, -0.1) is 35.3 Å². The Balaban J connectivity index is 0.00000196. The molecule has 1 fully saturated rings. The van der Waals surface area contributed by atoms with Crippen LogP contribution in [0.2, 0.25) is 0 Å². The first-order valence-electron chi connectivity index (χ1n) is 8.74. The highest BCUT2D eigenvalue weighted by Gasteiger charge is 2.44. The Hall–Kier alpha value is -1.48. The fourth-order valence-corrected chi connectivity index (χ4v) is 3.73. The van der Waals surface area contributed by atoms with Crippen LogP contribution in [0.15, 0.2) is 40.7 Å². The smallest absolute Gasteiger partial charge is 0.231 e. The van der Waals surface area contributed by atoms with Crippen molar-refractivity contribution in [3.05, 3.63) is 46.2 Å². The third kappa shape index (κ3) is 4.25. The molecule has 1 saturated carbocycles. The summed E-state index contributed by atoms with van der Waals surface area (Å²) < 4.78 is 10.9. The highest BCUT2D eigenvalue weighted by Crippen LogP contribution is 2.49. The Morgan fingerprint density at radius 1 is 1.19 bits per heavy atom. The van der Waals surface area contributed by atoms with Crippen LogP contribution in [0.5, 0.6) is 11.5 Å². The summed E-state index contributed by atoms with van der Waals surface area (Å²) in [4.78, 5) is 5.97. The number of thiophene rings is 1. The first kappa shape index (κ1) is 19.3. The molecule has 1 aromatic carbocycles. The molecule has 0 saturated heterocycles. The Kier molecular flexibility index (Phi) is 6.29. The standard InChI is InChI=1S/C19H23N3O2S.HI/c1-2-20-18(21-11-15-4-3-9-25-15)22-12-19(7-8-19)14-5-6-16-17(10-14)24-13-23-16;/h3-6,9-10H,2,7-8,11-13H2,1H3,(H2,20,21,22);1H. The minimum Gasteiger partial charge on any atom is -0.454 e. The number of rotatable bonds is 6. The van der Waals surface area contributed by atoms with Crippen molar-refractivity contribution in [3.63, 3.8) is 0 Å². The molecule has 2 aliphatic rings. The SMILES string of the molecule is CCNC(=NCc1cccs1)NCC1(c2ccc3c(c2)OCO3)CC1.I. The van der Waals surface area contributed by atoms with Gasteiger partial charge in [0.25, 0.3) is 0 Å². The Bertz CT molecular complexity index is 760. The summed E-state index contributed by atoms with van der Waals surface area (Å²) in [5.74, 6) is 2.59. The summed E-state index contributed by atoms with van der Waals surface area (Å²) in [6.07, 6.45) is 2.37. The molecule has 2 N–H and O–H groups in total. The van der Waals surface area contributed by atoms with Crippen LogP contribution in [0, 0.1) is 0 Å². The maximum absolute atomic E-state index is 5.53. The molecule has 1 aromatic heterocycles. The van der Waals surface area contributed by atoms with Gasteiger partial charge in [0.1, 0.15) is 0 Å². The molecular weight excluding hydrogens is 461 g/mol. The number of ether oxygens (including phenoxy) is 2. The molecule has 1 aliphatic heterocycles. The molecule has 7 heteroatoms.